The molecule has 2 heterocycles. The predicted octanol–water partition coefficient (Wildman–Crippen LogP) is 1.74. The van der Waals surface area contributed by atoms with Crippen LogP contribution in [-0.2, 0) is 14.4 Å². The number of rotatable bonds is 3. The van der Waals surface area contributed by atoms with Crippen molar-refractivity contribution >= 4 is 17.8 Å². The highest BCUT2D eigenvalue weighted by Crippen LogP contribution is 2.45. The molecule has 2 saturated carbocycles. The second-order valence-corrected chi connectivity index (χ2v) is 8.56. The van der Waals surface area contributed by atoms with Gasteiger partial charge in [-0.2, -0.15) is 0 Å². The maximum absolute atomic E-state index is 12.9. The number of aliphatic carboxylic acids is 1. The number of carboxylic acids is 1. The van der Waals surface area contributed by atoms with Crippen LogP contribution < -0.4 is 0 Å². The number of carbonyl (C=O) groups is 3. The Morgan fingerprint density at radius 2 is 1.24 bits per heavy atom. The Hall–Kier alpha value is -1.59. The number of likely N-dealkylation sites (tertiary alicyclic amines) is 2. The highest BCUT2D eigenvalue weighted by atomic mass is 16.4. The largest absolute Gasteiger partial charge is 0.481 e. The Morgan fingerprint density at radius 1 is 0.760 bits per heavy atom. The molecule has 4 fully saturated rings. The summed E-state index contributed by atoms with van der Waals surface area (Å²) in [4.78, 5) is 40.9. The van der Waals surface area contributed by atoms with E-state index in [0.717, 1.165) is 38.5 Å². The Morgan fingerprint density at radius 3 is 1.64 bits per heavy atom. The average Bonchev–Trinajstić information content (AvgIpc) is 3.32. The van der Waals surface area contributed by atoms with Crippen molar-refractivity contribution < 1.29 is 19.5 Å². The lowest BCUT2D eigenvalue weighted by Gasteiger charge is -2.27. The summed E-state index contributed by atoms with van der Waals surface area (Å²) in [5.41, 5.74) is -0.953. The first-order valence-electron chi connectivity index (χ1n) is 9.82. The standard InChI is InChI=1S/C19H28N2O4/c22-16(13-5-3-1-2-4-6-13)20-9-15-10-21(17(23)14-7-8-14)12-19(15,11-20)18(24)25/h13-15H,1-12H2,(H,24,25)/t15-,19-/m1/s1. The van der Waals surface area contributed by atoms with Gasteiger partial charge >= 0.3 is 5.97 Å². The predicted molar refractivity (Wildman–Crippen MR) is 90.6 cm³/mol. The van der Waals surface area contributed by atoms with Crippen molar-refractivity contribution in [1.82, 2.24) is 9.80 Å². The second-order valence-electron chi connectivity index (χ2n) is 8.56. The molecule has 0 aromatic heterocycles. The minimum Gasteiger partial charge on any atom is -0.481 e. The number of fused-ring (bicyclic) bond motifs is 1. The van der Waals surface area contributed by atoms with Gasteiger partial charge in [0.2, 0.25) is 11.8 Å². The second kappa shape index (κ2) is 6.29. The van der Waals surface area contributed by atoms with Gasteiger partial charge in [-0.1, -0.05) is 25.7 Å². The van der Waals surface area contributed by atoms with Crippen molar-refractivity contribution in [1.29, 1.82) is 0 Å². The third-order valence-electron chi connectivity index (χ3n) is 6.79. The minimum absolute atomic E-state index is 0.0661. The third-order valence-corrected chi connectivity index (χ3v) is 6.79. The van der Waals surface area contributed by atoms with E-state index in [-0.39, 0.29) is 42.7 Å². The first-order valence-corrected chi connectivity index (χ1v) is 9.82. The van der Waals surface area contributed by atoms with Crippen LogP contribution in [0, 0.1) is 23.2 Å². The molecule has 2 aliphatic heterocycles. The maximum atomic E-state index is 12.9. The van der Waals surface area contributed by atoms with E-state index in [0.29, 0.717) is 13.1 Å². The van der Waals surface area contributed by atoms with Crippen molar-refractivity contribution in [3.63, 3.8) is 0 Å². The van der Waals surface area contributed by atoms with E-state index in [9.17, 15) is 19.5 Å². The highest BCUT2D eigenvalue weighted by Gasteiger charge is 2.60. The molecule has 0 spiro atoms. The minimum atomic E-state index is -0.953. The molecule has 0 bridgehead atoms. The summed E-state index contributed by atoms with van der Waals surface area (Å²) in [6.45, 7) is 1.54. The van der Waals surface area contributed by atoms with E-state index >= 15 is 0 Å². The van der Waals surface area contributed by atoms with Crippen LogP contribution in [0.5, 0.6) is 0 Å². The number of carboxylic acid groups (broad SMARTS) is 1. The van der Waals surface area contributed by atoms with Crippen molar-refractivity contribution in [2.45, 2.75) is 51.4 Å². The zero-order valence-corrected chi connectivity index (χ0v) is 14.8. The van der Waals surface area contributed by atoms with Gasteiger partial charge in [-0.15, -0.1) is 0 Å². The molecule has 2 atom stereocenters. The summed E-state index contributed by atoms with van der Waals surface area (Å²) in [5, 5.41) is 9.91. The monoisotopic (exact) mass is 348 g/mol. The molecule has 6 nitrogen and oxygen atoms in total. The van der Waals surface area contributed by atoms with Gasteiger partial charge in [0.25, 0.3) is 0 Å². The molecule has 0 unspecified atom stereocenters. The molecule has 4 aliphatic rings. The molecule has 6 heteroatoms. The lowest BCUT2D eigenvalue weighted by Crippen LogP contribution is -2.44. The van der Waals surface area contributed by atoms with Crippen LogP contribution in [0.15, 0.2) is 0 Å². The molecule has 4 rings (SSSR count). The van der Waals surface area contributed by atoms with E-state index < -0.39 is 11.4 Å². The third kappa shape index (κ3) is 2.93. The van der Waals surface area contributed by atoms with Gasteiger partial charge in [0, 0.05) is 43.9 Å². The number of amides is 2. The number of carbonyl (C=O) groups excluding carboxylic acids is 2. The zero-order valence-electron chi connectivity index (χ0n) is 14.8. The normalized spacial score (nSPS) is 33.2. The van der Waals surface area contributed by atoms with E-state index in [2.05, 4.69) is 0 Å². The lowest BCUT2D eigenvalue weighted by atomic mass is 9.81. The first-order chi connectivity index (χ1) is 12.0. The molecule has 2 amide bonds. The van der Waals surface area contributed by atoms with Crippen LogP contribution in [0.4, 0.5) is 0 Å². The lowest BCUT2D eigenvalue weighted by molar-refractivity contribution is -0.149. The van der Waals surface area contributed by atoms with Crippen LogP contribution in [0.3, 0.4) is 0 Å². The Balaban J connectivity index is 1.46. The summed E-state index contributed by atoms with van der Waals surface area (Å²) in [6, 6.07) is 0. The number of hydrogen-bond donors (Lipinski definition) is 1. The van der Waals surface area contributed by atoms with Crippen LogP contribution in [0.1, 0.15) is 51.4 Å². The fourth-order valence-electron chi connectivity index (χ4n) is 5.08. The Bertz CT molecular complexity index is 580. The van der Waals surface area contributed by atoms with Crippen molar-refractivity contribution in [3.8, 4) is 0 Å². The van der Waals surface area contributed by atoms with Crippen molar-refractivity contribution in [2.75, 3.05) is 26.2 Å². The van der Waals surface area contributed by atoms with Crippen LogP contribution >= 0.6 is 0 Å². The summed E-state index contributed by atoms with van der Waals surface area (Å²) in [7, 11) is 0. The zero-order chi connectivity index (χ0) is 17.6. The summed E-state index contributed by atoms with van der Waals surface area (Å²) in [6.07, 6.45) is 8.34. The smallest absolute Gasteiger partial charge is 0.313 e. The van der Waals surface area contributed by atoms with Crippen LogP contribution in [0.25, 0.3) is 0 Å². The summed E-state index contributed by atoms with van der Waals surface area (Å²) < 4.78 is 0. The molecule has 0 aromatic carbocycles. The number of hydrogen-bond acceptors (Lipinski definition) is 3. The summed E-state index contributed by atoms with van der Waals surface area (Å²) >= 11 is 0. The molecule has 1 N–H and O–H groups in total. The molecule has 2 aliphatic carbocycles. The topological polar surface area (TPSA) is 77.9 Å². The van der Waals surface area contributed by atoms with Crippen LogP contribution in [0.2, 0.25) is 0 Å². The fourth-order valence-corrected chi connectivity index (χ4v) is 5.08. The highest BCUT2D eigenvalue weighted by molar-refractivity contribution is 5.86. The molecule has 0 radical (unpaired) electrons. The Labute approximate surface area is 148 Å². The summed E-state index contributed by atoms with van der Waals surface area (Å²) in [5.74, 6) is -0.513. The molecule has 0 aromatic rings. The van der Waals surface area contributed by atoms with E-state index in [1.54, 1.807) is 9.80 Å². The van der Waals surface area contributed by atoms with Gasteiger partial charge < -0.3 is 14.9 Å². The van der Waals surface area contributed by atoms with Crippen LogP contribution in [-0.4, -0.2) is 58.9 Å². The SMILES string of the molecule is O=C(C1CCCCCC1)N1C[C@@H]2CN(C(=O)C3CC3)C[C@]2(C(=O)O)C1. The quantitative estimate of drug-likeness (QED) is 0.788. The molecule has 2 saturated heterocycles. The Kier molecular flexibility index (Phi) is 4.24. The fraction of sp³-hybridized carbons (Fsp3) is 0.842. The molecule has 25 heavy (non-hydrogen) atoms. The van der Waals surface area contributed by atoms with Crippen molar-refractivity contribution in [2.24, 2.45) is 23.2 Å². The van der Waals surface area contributed by atoms with E-state index in [1.165, 1.54) is 12.8 Å². The molecular formula is C19H28N2O4. The van der Waals surface area contributed by atoms with Gasteiger partial charge in [-0.3, -0.25) is 14.4 Å². The van der Waals surface area contributed by atoms with Gasteiger partial charge in [-0.05, 0) is 25.7 Å². The van der Waals surface area contributed by atoms with Gasteiger partial charge in [0.05, 0.1) is 0 Å². The molecular weight excluding hydrogens is 320 g/mol. The van der Waals surface area contributed by atoms with Gasteiger partial charge in [0.15, 0.2) is 0 Å². The first kappa shape index (κ1) is 16.9. The van der Waals surface area contributed by atoms with E-state index in [4.69, 9.17) is 0 Å². The number of nitrogens with zero attached hydrogens (tertiary/aromatic N) is 2. The maximum Gasteiger partial charge on any atom is 0.313 e. The van der Waals surface area contributed by atoms with Gasteiger partial charge in [0.1, 0.15) is 5.41 Å². The molecule has 138 valence electrons. The van der Waals surface area contributed by atoms with E-state index in [1.807, 2.05) is 0 Å². The average molecular weight is 348 g/mol. The van der Waals surface area contributed by atoms with Gasteiger partial charge in [-0.25, -0.2) is 0 Å². The van der Waals surface area contributed by atoms with Crippen molar-refractivity contribution in [3.05, 3.63) is 0 Å².